The fraction of sp³-hybridized carbons (Fsp3) is 0.200. The average molecular weight is 208 g/mol. The second-order valence-electron chi connectivity index (χ2n) is 2.89. The minimum Gasteiger partial charge on any atom is -0.469 e. The highest BCUT2D eigenvalue weighted by atomic mass is 19.1. The largest absolute Gasteiger partial charge is 0.469 e. The van der Waals surface area contributed by atoms with Gasteiger partial charge in [0, 0.05) is 11.3 Å². The Kier molecular flexibility index (Phi) is 3.24. The number of nitrogens with two attached hydrogens (primary N) is 1. The zero-order valence-corrected chi connectivity index (χ0v) is 8.08. The number of hydrogen-bond donors (Lipinski definition) is 1. The van der Waals surface area contributed by atoms with Crippen LogP contribution in [0.2, 0.25) is 0 Å². The summed E-state index contributed by atoms with van der Waals surface area (Å²) in [6, 6.07) is 3.88. The number of esters is 1. The van der Waals surface area contributed by atoms with E-state index in [0.29, 0.717) is 5.56 Å². The molecule has 0 saturated heterocycles. The number of hydrogen-bond acceptors (Lipinski definition) is 4. The standard InChI is InChI=1S/C10H9FN2O2/c1-15-10(14)4-8-6(5-12)2-7(11)3-9(8)13/h2-3H,4,13H2,1H3. The molecular formula is C10H9FN2O2. The normalized spacial score (nSPS) is 9.40. The maximum absolute atomic E-state index is 12.9. The van der Waals surface area contributed by atoms with Gasteiger partial charge in [-0.1, -0.05) is 0 Å². The maximum Gasteiger partial charge on any atom is 0.310 e. The summed E-state index contributed by atoms with van der Waals surface area (Å²) in [6.07, 6.45) is -0.133. The van der Waals surface area contributed by atoms with E-state index in [0.717, 1.165) is 12.1 Å². The van der Waals surface area contributed by atoms with Crippen LogP contribution in [0.25, 0.3) is 0 Å². The van der Waals surface area contributed by atoms with Crippen LogP contribution in [-0.4, -0.2) is 13.1 Å². The summed E-state index contributed by atoms with van der Waals surface area (Å²) in [7, 11) is 1.23. The fourth-order valence-corrected chi connectivity index (χ4v) is 1.17. The first-order valence-electron chi connectivity index (χ1n) is 4.13. The Morgan fingerprint density at radius 1 is 1.67 bits per heavy atom. The second kappa shape index (κ2) is 4.42. The molecule has 0 fully saturated rings. The number of methoxy groups -OCH3 is 1. The van der Waals surface area contributed by atoms with Crippen LogP contribution in [0.1, 0.15) is 11.1 Å². The van der Waals surface area contributed by atoms with Crippen molar-refractivity contribution in [2.45, 2.75) is 6.42 Å². The number of rotatable bonds is 2. The Hall–Kier alpha value is -2.09. The van der Waals surface area contributed by atoms with Crippen molar-refractivity contribution in [1.29, 1.82) is 5.26 Å². The highest BCUT2D eigenvalue weighted by Gasteiger charge is 2.13. The lowest BCUT2D eigenvalue weighted by atomic mass is 10.0. The molecule has 1 rings (SSSR count). The fourth-order valence-electron chi connectivity index (χ4n) is 1.17. The summed E-state index contributed by atoms with van der Waals surface area (Å²) < 4.78 is 17.3. The molecule has 0 saturated carbocycles. The molecule has 78 valence electrons. The van der Waals surface area contributed by atoms with Gasteiger partial charge >= 0.3 is 5.97 Å². The van der Waals surface area contributed by atoms with Gasteiger partial charge in [-0.25, -0.2) is 4.39 Å². The summed E-state index contributed by atoms with van der Waals surface area (Å²) in [5.41, 5.74) is 5.93. The van der Waals surface area contributed by atoms with Crippen molar-refractivity contribution in [3.8, 4) is 6.07 Å². The van der Waals surface area contributed by atoms with Crippen molar-refractivity contribution < 1.29 is 13.9 Å². The molecular weight excluding hydrogens is 199 g/mol. The van der Waals surface area contributed by atoms with Gasteiger partial charge in [-0.15, -0.1) is 0 Å². The number of carbonyl (C=O) groups excluding carboxylic acids is 1. The monoisotopic (exact) mass is 208 g/mol. The minimum absolute atomic E-state index is 0.0536. The van der Waals surface area contributed by atoms with Crippen LogP contribution < -0.4 is 5.73 Å². The third kappa shape index (κ3) is 2.44. The number of ether oxygens (including phenoxy) is 1. The number of carbonyl (C=O) groups is 1. The molecule has 5 heteroatoms. The van der Waals surface area contributed by atoms with Gasteiger partial charge in [0.25, 0.3) is 0 Å². The van der Waals surface area contributed by atoms with Crippen molar-refractivity contribution in [2.75, 3.05) is 12.8 Å². The van der Waals surface area contributed by atoms with Gasteiger partial charge in [0.1, 0.15) is 5.82 Å². The maximum atomic E-state index is 12.9. The molecule has 15 heavy (non-hydrogen) atoms. The highest BCUT2D eigenvalue weighted by molar-refractivity contribution is 5.76. The van der Waals surface area contributed by atoms with E-state index in [1.807, 2.05) is 0 Å². The Morgan fingerprint density at radius 3 is 2.87 bits per heavy atom. The molecule has 2 N–H and O–H groups in total. The molecule has 0 aliphatic carbocycles. The molecule has 1 aromatic rings. The van der Waals surface area contributed by atoms with E-state index in [9.17, 15) is 9.18 Å². The molecule has 0 heterocycles. The third-order valence-electron chi connectivity index (χ3n) is 1.92. The second-order valence-corrected chi connectivity index (χ2v) is 2.89. The van der Waals surface area contributed by atoms with Crippen LogP contribution in [-0.2, 0) is 16.0 Å². The summed E-state index contributed by atoms with van der Waals surface area (Å²) >= 11 is 0. The van der Waals surface area contributed by atoms with E-state index in [-0.39, 0.29) is 17.7 Å². The number of anilines is 1. The Balaban J connectivity index is 3.17. The van der Waals surface area contributed by atoms with Crippen molar-refractivity contribution in [1.82, 2.24) is 0 Å². The van der Waals surface area contributed by atoms with Gasteiger partial charge < -0.3 is 10.5 Å². The first-order chi connectivity index (χ1) is 7.08. The number of nitrogens with zero attached hydrogens (tertiary/aromatic N) is 1. The smallest absolute Gasteiger partial charge is 0.310 e. The number of halogens is 1. The molecule has 0 aliphatic rings. The lowest BCUT2D eigenvalue weighted by Gasteiger charge is -2.06. The van der Waals surface area contributed by atoms with Gasteiger partial charge in [-0.05, 0) is 12.1 Å². The SMILES string of the molecule is COC(=O)Cc1c(N)cc(F)cc1C#N. The lowest BCUT2D eigenvalue weighted by molar-refractivity contribution is -0.139. The van der Waals surface area contributed by atoms with E-state index < -0.39 is 11.8 Å². The zero-order valence-electron chi connectivity index (χ0n) is 8.08. The van der Waals surface area contributed by atoms with Gasteiger partial charge in [0.15, 0.2) is 0 Å². The van der Waals surface area contributed by atoms with E-state index in [2.05, 4.69) is 4.74 Å². The predicted molar refractivity (Wildman–Crippen MR) is 51.2 cm³/mol. The molecule has 0 aromatic heterocycles. The van der Waals surface area contributed by atoms with Gasteiger partial charge in [0.2, 0.25) is 0 Å². The van der Waals surface area contributed by atoms with Crippen molar-refractivity contribution in [3.63, 3.8) is 0 Å². The van der Waals surface area contributed by atoms with Gasteiger partial charge in [0.05, 0.1) is 25.2 Å². The summed E-state index contributed by atoms with van der Waals surface area (Å²) in [6.45, 7) is 0. The lowest BCUT2D eigenvalue weighted by Crippen LogP contribution is -2.09. The van der Waals surface area contributed by atoms with Crippen LogP contribution in [0.5, 0.6) is 0 Å². The van der Waals surface area contributed by atoms with Crippen molar-refractivity contribution in [3.05, 3.63) is 29.1 Å². The first kappa shape index (κ1) is 11.0. The van der Waals surface area contributed by atoms with Gasteiger partial charge in [-0.3, -0.25) is 4.79 Å². The topological polar surface area (TPSA) is 76.1 Å². The molecule has 0 spiro atoms. The minimum atomic E-state index is -0.599. The number of nitriles is 1. The van der Waals surface area contributed by atoms with Crippen LogP contribution in [0.4, 0.5) is 10.1 Å². The van der Waals surface area contributed by atoms with E-state index in [1.54, 1.807) is 6.07 Å². The predicted octanol–water partition coefficient (Wildman–Crippen LogP) is 0.995. The molecule has 0 radical (unpaired) electrons. The molecule has 4 nitrogen and oxygen atoms in total. The zero-order chi connectivity index (χ0) is 11.4. The quantitative estimate of drug-likeness (QED) is 0.581. The van der Waals surface area contributed by atoms with Gasteiger partial charge in [-0.2, -0.15) is 5.26 Å². The summed E-state index contributed by atoms with van der Waals surface area (Å²) in [4.78, 5) is 11.0. The summed E-state index contributed by atoms with van der Waals surface area (Å²) in [5, 5.41) is 8.73. The van der Waals surface area contributed by atoms with Crippen LogP contribution in [0.3, 0.4) is 0 Å². The Bertz CT molecular complexity index is 438. The van der Waals surface area contributed by atoms with E-state index in [4.69, 9.17) is 11.0 Å². The Morgan fingerprint density at radius 2 is 2.33 bits per heavy atom. The number of benzene rings is 1. The van der Waals surface area contributed by atoms with E-state index in [1.165, 1.54) is 7.11 Å². The highest BCUT2D eigenvalue weighted by Crippen LogP contribution is 2.19. The van der Waals surface area contributed by atoms with Crippen LogP contribution >= 0.6 is 0 Å². The molecule has 1 aromatic carbocycles. The molecule has 0 aliphatic heterocycles. The number of nitrogen functional groups attached to an aromatic ring is 1. The van der Waals surface area contributed by atoms with Crippen LogP contribution in [0, 0.1) is 17.1 Å². The first-order valence-corrected chi connectivity index (χ1v) is 4.13. The average Bonchev–Trinajstić information content (AvgIpc) is 2.21. The third-order valence-corrected chi connectivity index (χ3v) is 1.92. The van der Waals surface area contributed by atoms with Crippen LogP contribution in [0.15, 0.2) is 12.1 Å². The molecule has 0 atom stereocenters. The molecule has 0 bridgehead atoms. The summed E-state index contributed by atoms with van der Waals surface area (Å²) in [5.74, 6) is -1.12. The van der Waals surface area contributed by atoms with Crippen molar-refractivity contribution in [2.24, 2.45) is 0 Å². The van der Waals surface area contributed by atoms with E-state index >= 15 is 0 Å². The molecule has 0 unspecified atom stereocenters. The Labute approximate surface area is 86.1 Å². The molecule has 0 amide bonds. The van der Waals surface area contributed by atoms with Crippen molar-refractivity contribution >= 4 is 11.7 Å².